The van der Waals surface area contributed by atoms with E-state index >= 15 is 0 Å². The predicted molar refractivity (Wildman–Crippen MR) is 89.0 cm³/mol. The number of benzene rings is 2. The van der Waals surface area contributed by atoms with Crippen LogP contribution in [0.25, 0.3) is 0 Å². The highest BCUT2D eigenvalue weighted by Gasteiger charge is 2.09. The molecule has 0 aromatic heterocycles. The summed E-state index contributed by atoms with van der Waals surface area (Å²) in [5, 5.41) is 4.04. The normalized spacial score (nSPS) is 12.4. The van der Waals surface area contributed by atoms with Gasteiger partial charge in [0.05, 0.1) is 5.02 Å². The number of aryl methyl sites for hydroxylation is 2. The van der Waals surface area contributed by atoms with E-state index in [0.29, 0.717) is 6.04 Å². The summed E-state index contributed by atoms with van der Waals surface area (Å²) >= 11 is 8.15. The van der Waals surface area contributed by atoms with Crippen LogP contribution in [0.4, 0.5) is 0 Å². The highest BCUT2D eigenvalue weighted by Crippen LogP contribution is 2.36. The van der Waals surface area contributed by atoms with E-state index in [2.05, 4.69) is 62.5 Å². The van der Waals surface area contributed by atoms with Gasteiger partial charge in [-0.05, 0) is 62.7 Å². The van der Waals surface area contributed by atoms with Gasteiger partial charge in [0.2, 0.25) is 0 Å². The van der Waals surface area contributed by atoms with Crippen molar-refractivity contribution >= 4 is 23.4 Å². The second-order valence-electron chi connectivity index (χ2n) is 5.07. The van der Waals surface area contributed by atoms with Crippen LogP contribution in [0, 0.1) is 13.8 Å². The van der Waals surface area contributed by atoms with E-state index in [9.17, 15) is 0 Å². The largest absolute Gasteiger partial charge is 0.313 e. The summed E-state index contributed by atoms with van der Waals surface area (Å²) in [6.45, 7) is 6.37. The molecule has 106 valence electrons. The lowest BCUT2D eigenvalue weighted by Gasteiger charge is -2.13. The van der Waals surface area contributed by atoms with Crippen LogP contribution >= 0.6 is 23.4 Å². The summed E-state index contributed by atoms with van der Waals surface area (Å²) in [4.78, 5) is 2.37. The van der Waals surface area contributed by atoms with Gasteiger partial charge in [-0.2, -0.15) is 0 Å². The minimum absolute atomic E-state index is 0.312. The molecule has 0 bridgehead atoms. The Kier molecular flexibility index (Phi) is 5.14. The highest BCUT2D eigenvalue weighted by molar-refractivity contribution is 7.99. The van der Waals surface area contributed by atoms with E-state index in [1.54, 1.807) is 11.8 Å². The van der Waals surface area contributed by atoms with Crippen molar-refractivity contribution in [3.63, 3.8) is 0 Å². The first-order valence-electron chi connectivity index (χ1n) is 6.73. The van der Waals surface area contributed by atoms with E-state index < -0.39 is 0 Å². The smallest absolute Gasteiger partial charge is 0.0548 e. The molecule has 3 heteroatoms. The van der Waals surface area contributed by atoms with Gasteiger partial charge in [0.25, 0.3) is 0 Å². The fourth-order valence-electron chi connectivity index (χ4n) is 1.97. The molecule has 2 aromatic rings. The molecule has 1 atom stereocenters. The zero-order valence-electron chi connectivity index (χ0n) is 12.3. The maximum Gasteiger partial charge on any atom is 0.0548 e. The standard InChI is InChI=1S/C17H20ClNS/c1-11-5-6-12(2)17(9-11)20-16-8-7-14(10-15(16)18)13(3)19-4/h5-10,13,19H,1-4H3. The minimum atomic E-state index is 0.312. The average molecular weight is 306 g/mol. The van der Waals surface area contributed by atoms with Crippen molar-refractivity contribution in [3.05, 3.63) is 58.1 Å². The average Bonchev–Trinajstić information content (AvgIpc) is 2.44. The lowest BCUT2D eigenvalue weighted by Crippen LogP contribution is -2.12. The van der Waals surface area contributed by atoms with Crippen LogP contribution in [0.2, 0.25) is 5.02 Å². The Bertz CT molecular complexity index is 610. The number of rotatable bonds is 4. The highest BCUT2D eigenvalue weighted by atomic mass is 35.5. The summed E-state index contributed by atoms with van der Waals surface area (Å²) < 4.78 is 0. The van der Waals surface area contributed by atoms with Gasteiger partial charge in [0, 0.05) is 15.8 Å². The van der Waals surface area contributed by atoms with Crippen molar-refractivity contribution in [2.75, 3.05) is 7.05 Å². The van der Waals surface area contributed by atoms with Crippen molar-refractivity contribution in [1.82, 2.24) is 5.32 Å². The van der Waals surface area contributed by atoms with Crippen LogP contribution in [0.5, 0.6) is 0 Å². The van der Waals surface area contributed by atoms with Gasteiger partial charge in [0.1, 0.15) is 0 Å². The number of halogens is 1. The van der Waals surface area contributed by atoms with Crippen molar-refractivity contribution in [2.24, 2.45) is 0 Å². The Balaban J connectivity index is 2.28. The summed E-state index contributed by atoms with van der Waals surface area (Å²) in [6, 6.07) is 13.1. The summed E-state index contributed by atoms with van der Waals surface area (Å²) in [6.07, 6.45) is 0. The van der Waals surface area contributed by atoms with E-state index in [4.69, 9.17) is 11.6 Å². The van der Waals surface area contributed by atoms with Gasteiger partial charge in [0.15, 0.2) is 0 Å². The third-order valence-electron chi connectivity index (χ3n) is 3.45. The van der Waals surface area contributed by atoms with Gasteiger partial charge < -0.3 is 5.32 Å². The number of nitrogens with one attached hydrogen (secondary N) is 1. The van der Waals surface area contributed by atoms with Crippen LogP contribution in [0.3, 0.4) is 0 Å². The van der Waals surface area contributed by atoms with Gasteiger partial charge in [-0.15, -0.1) is 0 Å². The maximum absolute atomic E-state index is 6.42. The van der Waals surface area contributed by atoms with Gasteiger partial charge in [-0.3, -0.25) is 0 Å². The molecule has 1 nitrogen and oxygen atoms in total. The molecule has 0 amide bonds. The lowest BCUT2D eigenvalue weighted by molar-refractivity contribution is 0.652. The number of hydrogen-bond acceptors (Lipinski definition) is 2. The number of hydrogen-bond donors (Lipinski definition) is 1. The monoisotopic (exact) mass is 305 g/mol. The Morgan fingerprint density at radius 2 is 1.80 bits per heavy atom. The van der Waals surface area contributed by atoms with E-state index in [0.717, 1.165) is 9.92 Å². The molecule has 0 saturated heterocycles. The minimum Gasteiger partial charge on any atom is -0.313 e. The SMILES string of the molecule is CNC(C)c1ccc(Sc2cc(C)ccc2C)c(Cl)c1. The molecule has 1 N–H and O–H groups in total. The molecule has 1 unspecified atom stereocenters. The molecule has 0 aliphatic carbocycles. The second-order valence-corrected chi connectivity index (χ2v) is 6.56. The fourth-order valence-corrected chi connectivity index (χ4v) is 3.28. The molecule has 0 aliphatic heterocycles. The molecule has 2 rings (SSSR count). The van der Waals surface area contributed by atoms with Crippen molar-refractivity contribution < 1.29 is 0 Å². The van der Waals surface area contributed by atoms with E-state index in [-0.39, 0.29) is 0 Å². The quantitative estimate of drug-likeness (QED) is 0.813. The Hall–Kier alpha value is -0.960. The Labute approximate surface area is 130 Å². The molecule has 0 aliphatic rings. The van der Waals surface area contributed by atoms with E-state index in [1.807, 2.05) is 7.05 Å². The molecule has 0 heterocycles. The predicted octanol–water partition coefficient (Wildman–Crippen LogP) is 5.39. The Morgan fingerprint density at radius 1 is 1.05 bits per heavy atom. The van der Waals surface area contributed by atoms with Gasteiger partial charge >= 0.3 is 0 Å². The van der Waals surface area contributed by atoms with Crippen LogP contribution in [-0.2, 0) is 0 Å². The zero-order chi connectivity index (χ0) is 14.7. The Morgan fingerprint density at radius 3 is 2.45 bits per heavy atom. The van der Waals surface area contributed by atoms with Gasteiger partial charge in [-0.25, -0.2) is 0 Å². The van der Waals surface area contributed by atoms with Crippen LogP contribution in [0.1, 0.15) is 29.7 Å². The summed E-state index contributed by atoms with van der Waals surface area (Å²) in [5.74, 6) is 0. The third kappa shape index (κ3) is 3.57. The van der Waals surface area contributed by atoms with Crippen molar-refractivity contribution in [1.29, 1.82) is 0 Å². The second kappa shape index (κ2) is 6.66. The van der Waals surface area contributed by atoms with Crippen LogP contribution in [-0.4, -0.2) is 7.05 Å². The molecule has 0 spiro atoms. The maximum atomic E-state index is 6.42. The lowest BCUT2D eigenvalue weighted by atomic mass is 10.1. The molecule has 0 fully saturated rings. The first-order valence-corrected chi connectivity index (χ1v) is 7.92. The summed E-state index contributed by atoms with van der Waals surface area (Å²) in [5.41, 5.74) is 3.77. The van der Waals surface area contributed by atoms with Gasteiger partial charge in [-0.1, -0.05) is 41.6 Å². The first-order chi connectivity index (χ1) is 9.51. The van der Waals surface area contributed by atoms with Crippen LogP contribution in [0.15, 0.2) is 46.2 Å². The molecular weight excluding hydrogens is 286 g/mol. The molecule has 0 saturated carbocycles. The first kappa shape index (κ1) is 15.4. The van der Waals surface area contributed by atoms with Crippen LogP contribution < -0.4 is 5.32 Å². The fraction of sp³-hybridized carbons (Fsp3) is 0.294. The molecule has 0 radical (unpaired) electrons. The summed E-state index contributed by atoms with van der Waals surface area (Å²) in [7, 11) is 1.96. The third-order valence-corrected chi connectivity index (χ3v) is 5.11. The zero-order valence-corrected chi connectivity index (χ0v) is 13.9. The molecule has 20 heavy (non-hydrogen) atoms. The molecular formula is C17H20ClNS. The van der Waals surface area contributed by atoms with Crippen molar-refractivity contribution in [3.8, 4) is 0 Å². The molecule has 2 aromatic carbocycles. The van der Waals surface area contributed by atoms with Crippen molar-refractivity contribution in [2.45, 2.75) is 36.6 Å². The van der Waals surface area contributed by atoms with E-state index in [1.165, 1.54) is 21.6 Å². The topological polar surface area (TPSA) is 12.0 Å².